The van der Waals surface area contributed by atoms with Gasteiger partial charge in [-0.1, -0.05) is 18.2 Å². The van der Waals surface area contributed by atoms with Gasteiger partial charge in [-0.05, 0) is 36.2 Å². The van der Waals surface area contributed by atoms with E-state index in [0.717, 1.165) is 36.1 Å². The molecular weight excluding hydrogens is 578 g/mol. The molecule has 2 saturated heterocycles. The third-order valence-corrected chi connectivity index (χ3v) is 8.10. The van der Waals surface area contributed by atoms with Crippen molar-refractivity contribution in [2.24, 2.45) is 0 Å². The van der Waals surface area contributed by atoms with Gasteiger partial charge in [0.15, 0.2) is 0 Å². The molecular formula is C30H34F6N4O3. The number of fused-ring (bicyclic) bond motifs is 1. The summed E-state index contributed by atoms with van der Waals surface area (Å²) in [7, 11) is 1.63. The van der Waals surface area contributed by atoms with Crippen molar-refractivity contribution in [3.63, 3.8) is 0 Å². The Morgan fingerprint density at radius 1 is 0.953 bits per heavy atom. The van der Waals surface area contributed by atoms with E-state index in [1.54, 1.807) is 7.11 Å². The van der Waals surface area contributed by atoms with Crippen molar-refractivity contribution in [3.8, 4) is 0 Å². The molecule has 13 heteroatoms. The van der Waals surface area contributed by atoms with Crippen LogP contribution in [0.15, 0.2) is 48.7 Å². The van der Waals surface area contributed by atoms with Crippen LogP contribution in [-0.2, 0) is 28.2 Å². The molecule has 2 atom stereocenters. The molecule has 43 heavy (non-hydrogen) atoms. The highest BCUT2D eigenvalue weighted by Crippen LogP contribution is 2.37. The fourth-order valence-corrected chi connectivity index (χ4v) is 5.92. The monoisotopic (exact) mass is 612 g/mol. The van der Waals surface area contributed by atoms with Crippen LogP contribution in [0, 0.1) is 0 Å². The summed E-state index contributed by atoms with van der Waals surface area (Å²) in [6.07, 6.45) is -7.88. The lowest BCUT2D eigenvalue weighted by Crippen LogP contribution is -2.57. The third-order valence-electron chi connectivity index (χ3n) is 8.10. The summed E-state index contributed by atoms with van der Waals surface area (Å²) in [5.41, 5.74) is -1.83. The van der Waals surface area contributed by atoms with E-state index in [2.05, 4.69) is 14.8 Å². The van der Waals surface area contributed by atoms with Gasteiger partial charge >= 0.3 is 12.4 Å². The van der Waals surface area contributed by atoms with Gasteiger partial charge in [0.1, 0.15) is 0 Å². The molecule has 3 aromatic rings. The van der Waals surface area contributed by atoms with Crippen molar-refractivity contribution in [3.05, 3.63) is 70.9 Å². The van der Waals surface area contributed by atoms with Crippen LogP contribution in [0.5, 0.6) is 0 Å². The van der Waals surface area contributed by atoms with E-state index in [4.69, 9.17) is 9.47 Å². The van der Waals surface area contributed by atoms with Crippen LogP contribution in [0.2, 0.25) is 0 Å². The average Bonchev–Trinajstić information content (AvgIpc) is 3.38. The Labute approximate surface area is 245 Å². The molecule has 3 heterocycles. The molecule has 2 aliphatic heterocycles. The number of morpholine rings is 1. The maximum atomic E-state index is 13.7. The number of para-hydroxylation sites is 1. The van der Waals surface area contributed by atoms with E-state index in [1.807, 2.05) is 30.5 Å². The summed E-state index contributed by atoms with van der Waals surface area (Å²) in [6.45, 7) is 5.05. The summed E-state index contributed by atoms with van der Waals surface area (Å²) in [5.74, 6) is -0.850. The fourth-order valence-electron chi connectivity index (χ4n) is 5.92. The number of aromatic nitrogens is 1. The smallest absolute Gasteiger partial charge is 0.382 e. The highest BCUT2D eigenvalue weighted by Gasteiger charge is 2.39. The number of benzene rings is 2. The Kier molecular flexibility index (Phi) is 9.35. The van der Waals surface area contributed by atoms with Crippen molar-refractivity contribution in [2.45, 2.75) is 30.9 Å². The number of aromatic amines is 1. The Bertz CT molecular complexity index is 1370. The first-order valence-corrected chi connectivity index (χ1v) is 14.1. The minimum atomic E-state index is -5.04. The molecule has 7 nitrogen and oxygen atoms in total. The van der Waals surface area contributed by atoms with Gasteiger partial charge in [0.05, 0.1) is 30.4 Å². The van der Waals surface area contributed by atoms with E-state index in [1.165, 1.54) is 4.90 Å². The number of rotatable bonds is 8. The van der Waals surface area contributed by atoms with Gasteiger partial charge in [-0.25, -0.2) is 0 Å². The molecule has 1 aromatic heterocycles. The van der Waals surface area contributed by atoms with Gasteiger partial charge in [0.2, 0.25) is 0 Å². The predicted molar refractivity (Wildman–Crippen MR) is 148 cm³/mol. The number of hydrogen-bond donors (Lipinski definition) is 1. The SMILES string of the molecule is COC[C@H]1CN(CCN2CCN(C(=O)c3cc(C(F)(F)F)cc(C(F)(F)F)c3)[C@H](Cc3c[nH]c4ccccc34)C2)CCO1. The summed E-state index contributed by atoms with van der Waals surface area (Å²) in [4.78, 5) is 22.8. The summed E-state index contributed by atoms with van der Waals surface area (Å²) < 4.78 is 92.3. The first-order chi connectivity index (χ1) is 20.4. The second kappa shape index (κ2) is 12.8. The van der Waals surface area contributed by atoms with Gasteiger partial charge in [-0.2, -0.15) is 26.3 Å². The average molecular weight is 613 g/mol. The lowest BCUT2D eigenvalue weighted by atomic mass is 9.98. The number of nitrogens with zero attached hydrogens (tertiary/aromatic N) is 3. The molecule has 2 fully saturated rings. The minimum absolute atomic E-state index is 0.0168. The van der Waals surface area contributed by atoms with Crippen LogP contribution < -0.4 is 0 Å². The van der Waals surface area contributed by atoms with E-state index in [0.29, 0.717) is 51.4 Å². The number of methoxy groups -OCH3 is 1. The lowest BCUT2D eigenvalue weighted by molar-refractivity contribution is -0.143. The normalized spacial score (nSPS) is 21.0. The minimum Gasteiger partial charge on any atom is -0.382 e. The topological polar surface area (TPSA) is 61.0 Å². The van der Waals surface area contributed by atoms with E-state index in [-0.39, 0.29) is 18.7 Å². The van der Waals surface area contributed by atoms with E-state index >= 15 is 0 Å². The van der Waals surface area contributed by atoms with Crippen LogP contribution in [0.4, 0.5) is 26.3 Å². The summed E-state index contributed by atoms with van der Waals surface area (Å²) in [5, 5.41) is 0.947. The van der Waals surface area contributed by atoms with Crippen LogP contribution in [-0.4, -0.2) is 104 Å². The number of piperazine rings is 1. The molecule has 0 bridgehead atoms. The Morgan fingerprint density at radius 3 is 2.30 bits per heavy atom. The Balaban J connectivity index is 1.38. The number of ether oxygens (including phenoxy) is 2. The second-order valence-electron chi connectivity index (χ2n) is 11.1. The molecule has 5 rings (SSSR count). The number of hydrogen-bond acceptors (Lipinski definition) is 5. The number of nitrogens with one attached hydrogen (secondary N) is 1. The van der Waals surface area contributed by atoms with Crippen LogP contribution in [0.1, 0.15) is 27.0 Å². The van der Waals surface area contributed by atoms with Crippen LogP contribution in [0.25, 0.3) is 10.9 Å². The maximum Gasteiger partial charge on any atom is 0.416 e. The zero-order chi connectivity index (χ0) is 30.8. The molecule has 0 unspecified atom stereocenters. The molecule has 234 valence electrons. The molecule has 1 N–H and O–H groups in total. The first-order valence-electron chi connectivity index (χ1n) is 14.1. The second-order valence-corrected chi connectivity index (χ2v) is 11.1. The van der Waals surface area contributed by atoms with Gasteiger partial charge in [-0.3, -0.25) is 14.6 Å². The molecule has 2 aromatic carbocycles. The van der Waals surface area contributed by atoms with Crippen molar-refractivity contribution in [1.82, 2.24) is 19.7 Å². The largest absolute Gasteiger partial charge is 0.416 e. The standard InChI is InChI=1S/C30H34F6N4O3/c1-42-19-25-18-39(10-11-43-25)7-6-38-8-9-40(24(17-38)14-21-16-37-27-5-3-2-4-26(21)27)28(41)20-12-22(29(31,32)33)15-23(13-20)30(34,35)36/h2-5,12-13,15-16,24-25,37H,6-11,14,17-19H2,1H3/t24-,25-/m1/s1. The Hall–Kier alpha value is -3.13. The molecule has 2 aliphatic rings. The molecule has 1 amide bonds. The van der Waals surface area contributed by atoms with Crippen molar-refractivity contribution in [1.29, 1.82) is 0 Å². The van der Waals surface area contributed by atoms with Crippen molar-refractivity contribution in [2.75, 3.05) is 66.1 Å². The number of H-pyrrole nitrogens is 1. The molecule has 0 spiro atoms. The molecule has 0 saturated carbocycles. The number of carbonyl (C=O) groups excluding carboxylic acids is 1. The summed E-state index contributed by atoms with van der Waals surface area (Å²) in [6, 6.07) is 8.21. The fraction of sp³-hybridized carbons (Fsp3) is 0.500. The van der Waals surface area contributed by atoms with Gasteiger partial charge in [0, 0.05) is 81.6 Å². The van der Waals surface area contributed by atoms with E-state index < -0.39 is 41.0 Å². The summed E-state index contributed by atoms with van der Waals surface area (Å²) >= 11 is 0. The number of carbonyl (C=O) groups is 1. The van der Waals surface area contributed by atoms with Crippen molar-refractivity contribution < 1.29 is 40.6 Å². The Morgan fingerprint density at radius 2 is 1.63 bits per heavy atom. The molecule has 0 aliphatic carbocycles. The highest BCUT2D eigenvalue weighted by molar-refractivity contribution is 5.95. The maximum absolute atomic E-state index is 13.7. The number of halogens is 6. The number of alkyl halides is 6. The van der Waals surface area contributed by atoms with Crippen LogP contribution >= 0.6 is 0 Å². The van der Waals surface area contributed by atoms with Gasteiger partial charge < -0.3 is 19.4 Å². The first kappa shape index (κ1) is 31.3. The third kappa shape index (κ3) is 7.51. The zero-order valence-electron chi connectivity index (χ0n) is 23.7. The van der Waals surface area contributed by atoms with Gasteiger partial charge in [-0.15, -0.1) is 0 Å². The van der Waals surface area contributed by atoms with Gasteiger partial charge in [0.25, 0.3) is 5.91 Å². The zero-order valence-corrected chi connectivity index (χ0v) is 23.7. The predicted octanol–water partition coefficient (Wildman–Crippen LogP) is 4.92. The van der Waals surface area contributed by atoms with E-state index in [9.17, 15) is 31.1 Å². The van der Waals surface area contributed by atoms with Crippen molar-refractivity contribution >= 4 is 16.8 Å². The highest BCUT2D eigenvalue weighted by atomic mass is 19.4. The lowest BCUT2D eigenvalue weighted by Gasteiger charge is -2.42. The quantitative estimate of drug-likeness (QED) is 0.366. The molecule has 0 radical (unpaired) electrons. The number of amides is 1. The van der Waals surface area contributed by atoms with Crippen LogP contribution in [0.3, 0.4) is 0 Å².